The summed E-state index contributed by atoms with van der Waals surface area (Å²) in [5, 5.41) is 0. The number of carbonyl (C=O) groups is 1. The molecule has 2 aliphatic carbocycles. The van der Waals surface area contributed by atoms with Crippen molar-refractivity contribution in [2.45, 2.75) is 31.7 Å². The normalized spacial score (nSPS) is 19.1. The first kappa shape index (κ1) is 11.5. The van der Waals surface area contributed by atoms with Gasteiger partial charge in [0.1, 0.15) is 0 Å². The third-order valence-electron chi connectivity index (χ3n) is 3.50. The van der Waals surface area contributed by atoms with E-state index in [0.717, 1.165) is 21.6 Å². The van der Waals surface area contributed by atoms with Crippen molar-refractivity contribution in [1.82, 2.24) is 4.90 Å². The standard InChI is InChI=1S/C14H16INO/c15-13-4-2-1-3-12(13)14(17)16(11-7-8-11)9-10-5-6-10/h1-4,10-11H,5-9H2. The smallest absolute Gasteiger partial charge is 0.255 e. The predicted molar refractivity (Wildman–Crippen MR) is 75.9 cm³/mol. The molecule has 0 saturated heterocycles. The largest absolute Gasteiger partial charge is 0.335 e. The Morgan fingerprint density at radius 1 is 1.24 bits per heavy atom. The maximum Gasteiger partial charge on any atom is 0.255 e. The number of amides is 1. The SMILES string of the molecule is O=C(c1ccccc1I)N(CC1CC1)C1CC1. The van der Waals surface area contributed by atoms with Crippen LogP contribution in [0.5, 0.6) is 0 Å². The number of hydrogen-bond donors (Lipinski definition) is 0. The summed E-state index contributed by atoms with van der Waals surface area (Å²) in [6.07, 6.45) is 5.01. The summed E-state index contributed by atoms with van der Waals surface area (Å²) in [5.74, 6) is 1.02. The van der Waals surface area contributed by atoms with Crippen LogP contribution >= 0.6 is 22.6 Å². The fraction of sp³-hybridized carbons (Fsp3) is 0.500. The van der Waals surface area contributed by atoms with Crippen molar-refractivity contribution in [1.29, 1.82) is 0 Å². The highest BCUT2D eigenvalue weighted by molar-refractivity contribution is 14.1. The van der Waals surface area contributed by atoms with Crippen LogP contribution in [0.2, 0.25) is 0 Å². The van der Waals surface area contributed by atoms with Crippen molar-refractivity contribution in [2.24, 2.45) is 5.92 Å². The highest BCUT2D eigenvalue weighted by Crippen LogP contribution is 2.35. The lowest BCUT2D eigenvalue weighted by molar-refractivity contribution is 0.0733. The Bertz CT molecular complexity index is 438. The molecule has 0 N–H and O–H groups in total. The topological polar surface area (TPSA) is 20.3 Å². The molecule has 0 unspecified atom stereocenters. The van der Waals surface area contributed by atoms with Gasteiger partial charge in [-0.2, -0.15) is 0 Å². The Balaban J connectivity index is 1.80. The van der Waals surface area contributed by atoms with Gasteiger partial charge in [0.2, 0.25) is 0 Å². The van der Waals surface area contributed by atoms with Crippen molar-refractivity contribution < 1.29 is 4.79 Å². The van der Waals surface area contributed by atoms with E-state index in [2.05, 4.69) is 27.5 Å². The van der Waals surface area contributed by atoms with Crippen LogP contribution < -0.4 is 0 Å². The minimum Gasteiger partial charge on any atom is -0.335 e. The van der Waals surface area contributed by atoms with Gasteiger partial charge in [0.15, 0.2) is 0 Å². The highest BCUT2D eigenvalue weighted by atomic mass is 127. The van der Waals surface area contributed by atoms with E-state index in [-0.39, 0.29) is 5.91 Å². The first-order chi connectivity index (χ1) is 8.25. The fourth-order valence-electron chi connectivity index (χ4n) is 2.15. The lowest BCUT2D eigenvalue weighted by Gasteiger charge is -2.23. The number of benzene rings is 1. The van der Waals surface area contributed by atoms with Crippen LogP contribution in [-0.2, 0) is 0 Å². The first-order valence-electron chi connectivity index (χ1n) is 6.31. The monoisotopic (exact) mass is 341 g/mol. The van der Waals surface area contributed by atoms with Crippen molar-refractivity contribution in [2.75, 3.05) is 6.54 Å². The fourth-order valence-corrected chi connectivity index (χ4v) is 2.77. The van der Waals surface area contributed by atoms with Crippen LogP contribution in [0.25, 0.3) is 0 Å². The zero-order valence-corrected chi connectivity index (χ0v) is 11.9. The van der Waals surface area contributed by atoms with Gasteiger partial charge < -0.3 is 4.90 Å². The maximum absolute atomic E-state index is 12.5. The zero-order chi connectivity index (χ0) is 11.8. The second-order valence-electron chi connectivity index (χ2n) is 5.11. The van der Waals surface area contributed by atoms with Crippen LogP contribution in [0, 0.1) is 9.49 Å². The van der Waals surface area contributed by atoms with Gasteiger partial charge in [-0.05, 0) is 66.3 Å². The van der Waals surface area contributed by atoms with Gasteiger partial charge in [-0.1, -0.05) is 12.1 Å². The molecule has 3 heteroatoms. The summed E-state index contributed by atoms with van der Waals surface area (Å²) in [6.45, 7) is 0.981. The molecule has 2 fully saturated rings. The van der Waals surface area contributed by atoms with Crippen LogP contribution in [0.4, 0.5) is 0 Å². The van der Waals surface area contributed by atoms with E-state index >= 15 is 0 Å². The second-order valence-corrected chi connectivity index (χ2v) is 6.27. The van der Waals surface area contributed by atoms with E-state index in [1.807, 2.05) is 24.3 Å². The molecule has 0 radical (unpaired) electrons. The van der Waals surface area contributed by atoms with E-state index in [1.165, 1.54) is 25.7 Å². The molecule has 0 bridgehead atoms. The van der Waals surface area contributed by atoms with Gasteiger partial charge in [0, 0.05) is 16.2 Å². The van der Waals surface area contributed by atoms with Gasteiger partial charge in [-0.3, -0.25) is 4.79 Å². The molecule has 90 valence electrons. The molecule has 0 atom stereocenters. The van der Waals surface area contributed by atoms with Crippen LogP contribution in [0.3, 0.4) is 0 Å². The molecule has 0 spiro atoms. The van der Waals surface area contributed by atoms with Crippen LogP contribution in [0.15, 0.2) is 24.3 Å². The Hall–Kier alpha value is -0.580. The molecule has 2 aliphatic rings. The molecule has 3 rings (SSSR count). The lowest BCUT2D eigenvalue weighted by Crippen LogP contribution is -2.35. The van der Waals surface area contributed by atoms with Crippen molar-refractivity contribution >= 4 is 28.5 Å². The molecule has 17 heavy (non-hydrogen) atoms. The van der Waals surface area contributed by atoms with Gasteiger partial charge in [0.25, 0.3) is 5.91 Å². The number of rotatable bonds is 4. The molecule has 1 aromatic rings. The molecule has 2 nitrogen and oxygen atoms in total. The van der Waals surface area contributed by atoms with E-state index < -0.39 is 0 Å². The van der Waals surface area contributed by atoms with E-state index in [4.69, 9.17) is 0 Å². The quantitative estimate of drug-likeness (QED) is 0.770. The van der Waals surface area contributed by atoms with Crippen LogP contribution in [0.1, 0.15) is 36.0 Å². The molecule has 1 aromatic carbocycles. The number of carbonyl (C=O) groups excluding carboxylic acids is 1. The summed E-state index contributed by atoms with van der Waals surface area (Å²) in [4.78, 5) is 14.7. The summed E-state index contributed by atoms with van der Waals surface area (Å²) in [6, 6.07) is 8.43. The highest BCUT2D eigenvalue weighted by Gasteiger charge is 2.37. The predicted octanol–water partition coefficient (Wildman–Crippen LogP) is 3.31. The van der Waals surface area contributed by atoms with Crippen molar-refractivity contribution in [3.63, 3.8) is 0 Å². The van der Waals surface area contributed by atoms with Crippen molar-refractivity contribution in [3.05, 3.63) is 33.4 Å². The minimum absolute atomic E-state index is 0.240. The van der Waals surface area contributed by atoms with Crippen LogP contribution in [-0.4, -0.2) is 23.4 Å². The zero-order valence-electron chi connectivity index (χ0n) is 9.73. The van der Waals surface area contributed by atoms with Gasteiger partial charge in [-0.15, -0.1) is 0 Å². The summed E-state index contributed by atoms with van der Waals surface area (Å²) in [5.41, 5.74) is 0.876. The first-order valence-corrected chi connectivity index (χ1v) is 7.39. The summed E-state index contributed by atoms with van der Waals surface area (Å²) in [7, 11) is 0. The maximum atomic E-state index is 12.5. The van der Waals surface area contributed by atoms with E-state index in [1.54, 1.807) is 0 Å². The van der Waals surface area contributed by atoms with E-state index in [0.29, 0.717) is 6.04 Å². The van der Waals surface area contributed by atoms with Gasteiger partial charge in [0.05, 0.1) is 5.56 Å². The van der Waals surface area contributed by atoms with E-state index in [9.17, 15) is 4.79 Å². The molecule has 1 amide bonds. The minimum atomic E-state index is 0.240. The van der Waals surface area contributed by atoms with Crippen molar-refractivity contribution in [3.8, 4) is 0 Å². The Kier molecular flexibility index (Phi) is 3.11. The Labute approximate surface area is 116 Å². The molecule has 0 aliphatic heterocycles. The third-order valence-corrected chi connectivity index (χ3v) is 4.45. The summed E-state index contributed by atoms with van der Waals surface area (Å²) >= 11 is 2.25. The lowest BCUT2D eigenvalue weighted by atomic mass is 10.2. The average molecular weight is 341 g/mol. The van der Waals surface area contributed by atoms with Gasteiger partial charge in [-0.25, -0.2) is 0 Å². The average Bonchev–Trinajstić information content (AvgIpc) is 3.17. The summed E-state index contributed by atoms with van der Waals surface area (Å²) < 4.78 is 1.07. The Morgan fingerprint density at radius 3 is 2.53 bits per heavy atom. The number of nitrogens with zero attached hydrogens (tertiary/aromatic N) is 1. The van der Waals surface area contributed by atoms with Gasteiger partial charge >= 0.3 is 0 Å². The molecule has 2 saturated carbocycles. The third kappa shape index (κ3) is 2.64. The second kappa shape index (κ2) is 4.59. The number of halogens is 1. The molecule has 0 heterocycles. The molecule has 0 aromatic heterocycles. The molecular formula is C14H16INO. The Morgan fingerprint density at radius 2 is 1.94 bits per heavy atom. The molecular weight excluding hydrogens is 325 g/mol. The number of hydrogen-bond acceptors (Lipinski definition) is 1.